The minimum Gasteiger partial charge on any atom is -0.314 e. The van der Waals surface area contributed by atoms with Crippen molar-refractivity contribution in [2.24, 2.45) is 0 Å². The fourth-order valence-electron chi connectivity index (χ4n) is 2.94. The molecule has 0 spiro atoms. The van der Waals surface area contributed by atoms with Gasteiger partial charge in [-0.15, -0.1) is 0 Å². The topological polar surface area (TPSA) is 15.3 Å². The molecule has 3 rings (SSSR count). The molecule has 0 radical (unpaired) electrons. The van der Waals surface area contributed by atoms with Gasteiger partial charge < -0.3 is 5.32 Å². The minimum absolute atomic E-state index is 0.655. The predicted octanol–water partition coefficient (Wildman–Crippen LogP) is 1.89. The van der Waals surface area contributed by atoms with Gasteiger partial charge in [0.05, 0.1) is 0 Å². The van der Waals surface area contributed by atoms with Gasteiger partial charge in [-0.2, -0.15) is 0 Å². The molecule has 1 aliphatic carbocycles. The van der Waals surface area contributed by atoms with Gasteiger partial charge in [0.2, 0.25) is 0 Å². The first-order valence-electron chi connectivity index (χ1n) is 6.28. The molecule has 1 N–H and O–H groups in total. The largest absolute Gasteiger partial charge is 0.314 e. The van der Waals surface area contributed by atoms with E-state index in [0.29, 0.717) is 6.04 Å². The zero-order chi connectivity index (χ0) is 11.1. The number of nitrogens with zero attached hydrogens (tertiary/aromatic N) is 1. The van der Waals surface area contributed by atoms with Crippen molar-refractivity contribution in [1.82, 2.24) is 10.2 Å². The number of nitrogens with one attached hydrogen (secondary N) is 1. The summed E-state index contributed by atoms with van der Waals surface area (Å²) in [5.74, 6) is 0. The van der Waals surface area contributed by atoms with E-state index in [1.165, 1.54) is 18.4 Å². The standard InChI is InChI=1S/C14H20N2/c1-10-3-4-11-5-6-14(13(11)7-10)16(2)12-8-15-9-12/h3-4,7,12,14-15H,5-6,8-9H2,1-2H3. The van der Waals surface area contributed by atoms with Crippen LogP contribution in [0.4, 0.5) is 0 Å². The van der Waals surface area contributed by atoms with Crippen molar-refractivity contribution in [3.8, 4) is 0 Å². The van der Waals surface area contributed by atoms with Crippen LogP contribution in [0.15, 0.2) is 18.2 Å². The van der Waals surface area contributed by atoms with Crippen LogP contribution in [0, 0.1) is 6.92 Å². The molecular formula is C14H20N2. The number of aryl methyl sites for hydroxylation is 2. The minimum atomic E-state index is 0.655. The van der Waals surface area contributed by atoms with Gasteiger partial charge in [-0.1, -0.05) is 23.8 Å². The second-order valence-electron chi connectivity index (χ2n) is 5.23. The molecule has 1 saturated heterocycles. The maximum atomic E-state index is 3.36. The molecule has 1 atom stereocenters. The van der Waals surface area contributed by atoms with E-state index < -0.39 is 0 Å². The zero-order valence-electron chi connectivity index (χ0n) is 10.2. The quantitative estimate of drug-likeness (QED) is 0.812. The normalized spacial score (nSPS) is 24.6. The van der Waals surface area contributed by atoms with Gasteiger partial charge in [-0.3, -0.25) is 4.90 Å². The predicted molar refractivity (Wildman–Crippen MR) is 66.7 cm³/mol. The molecule has 1 unspecified atom stereocenters. The summed E-state index contributed by atoms with van der Waals surface area (Å²) >= 11 is 0. The highest BCUT2D eigenvalue weighted by Crippen LogP contribution is 2.36. The van der Waals surface area contributed by atoms with Gasteiger partial charge >= 0.3 is 0 Å². The lowest BCUT2D eigenvalue weighted by Gasteiger charge is -2.39. The molecule has 1 aromatic rings. The summed E-state index contributed by atoms with van der Waals surface area (Å²) in [6, 6.07) is 8.35. The van der Waals surface area contributed by atoms with E-state index in [2.05, 4.69) is 42.4 Å². The Morgan fingerprint density at radius 3 is 2.81 bits per heavy atom. The van der Waals surface area contributed by atoms with E-state index in [1.807, 2.05) is 0 Å². The number of rotatable bonds is 2. The van der Waals surface area contributed by atoms with Crippen molar-refractivity contribution in [1.29, 1.82) is 0 Å². The van der Waals surface area contributed by atoms with E-state index in [0.717, 1.165) is 19.1 Å². The lowest BCUT2D eigenvalue weighted by molar-refractivity contribution is 0.127. The van der Waals surface area contributed by atoms with Crippen LogP contribution in [0.5, 0.6) is 0 Å². The molecule has 16 heavy (non-hydrogen) atoms. The van der Waals surface area contributed by atoms with Gasteiger partial charge in [0.25, 0.3) is 0 Å². The van der Waals surface area contributed by atoms with Crippen LogP contribution in [0.25, 0.3) is 0 Å². The Balaban J connectivity index is 1.86. The Morgan fingerprint density at radius 2 is 2.12 bits per heavy atom. The number of likely N-dealkylation sites (N-methyl/N-ethyl adjacent to an activating group) is 1. The monoisotopic (exact) mass is 216 g/mol. The summed E-state index contributed by atoms with van der Waals surface area (Å²) in [6.45, 7) is 4.52. The lowest BCUT2D eigenvalue weighted by atomic mass is 10.0. The second kappa shape index (κ2) is 3.86. The molecular weight excluding hydrogens is 196 g/mol. The van der Waals surface area contributed by atoms with Crippen molar-refractivity contribution in [2.75, 3.05) is 20.1 Å². The third-order valence-corrected chi connectivity index (χ3v) is 4.17. The summed E-state index contributed by atoms with van der Waals surface area (Å²) in [7, 11) is 2.29. The summed E-state index contributed by atoms with van der Waals surface area (Å²) < 4.78 is 0. The molecule has 86 valence electrons. The zero-order valence-corrected chi connectivity index (χ0v) is 10.2. The van der Waals surface area contributed by atoms with Crippen LogP contribution in [0.3, 0.4) is 0 Å². The highest BCUT2D eigenvalue weighted by Gasteiger charge is 2.32. The first-order valence-corrected chi connectivity index (χ1v) is 6.28. The molecule has 2 heteroatoms. The van der Waals surface area contributed by atoms with E-state index in [4.69, 9.17) is 0 Å². The Labute approximate surface area is 97.6 Å². The summed E-state index contributed by atoms with van der Waals surface area (Å²) in [5.41, 5.74) is 4.54. The fraction of sp³-hybridized carbons (Fsp3) is 0.571. The molecule has 2 nitrogen and oxygen atoms in total. The molecule has 0 saturated carbocycles. The van der Waals surface area contributed by atoms with Crippen LogP contribution in [-0.2, 0) is 6.42 Å². The molecule has 1 heterocycles. The highest BCUT2D eigenvalue weighted by molar-refractivity contribution is 5.37. The van der Waals surface area contributed by atoms with Crippen LogP contribution in [0.2, 0.25) is 0 Å². The lowest BCUT2D eigenvalue weighted by Crippen LogP contribution is -2.56. The van der Waals surface area contributed by atoms with Gasteiger partial charge in [0.1, 0.15) is 0 Å². The SMILES string of the molecule is Cc1ccc2c(c1)C(N(C)C1CNC1)CC2. The summed E-state index contributed by atoms with van der Waals surface area (Å²) in [5, 5.41) is 3.36. The molecule has 0 aromatic heterocycles. The average Bonchev–Trinajstić information content (AvgIpc) is 2.57. The van der Waals surface area contributed by atoms with E-state index in [-0.39, 0.29) is 0 Å². The second-order valence-corrected chi connectivity index (χ2v) is 5.23. The molecule has 1 aliphatic heterocycles. The number of hydrogen-bond acceptors (Lipinski definition) is 2. The van der Waals surface area contributed by atoms with Crippen molar-refractivity contribution >= 4 is 0 Å². The van der Waals surface area contributed by atoms with E-state index in [9.17, 15) is 0 Å². The van der Waals surface area contributed by atoms with Crippen molar-refractivity contribution < 1.29 is 0 Å². The maximum Gasteiger partial charge on any atom is 0.0355 e. The summed E-state index contributed by atoms with van der Waals surface area (Å²) in [6.07, 6.45) is 2.55. The Kier molecular flexibility index (Phi) is 2.49. The smallest absolute Gasteiger partial charge is 0.0355 e. The molecule has 1 aromatic carbocycles. The van der Waals surface area contributed by atoms with Crippen LogP contribution in [-0.4, -0.2) is 31.1 Å². The van der Waals surface area contributed by atoms with Gasteiger partial charge in [-0.25, -0.2) is 0 Å². The first kappa shape index (κ1) is 10.3. The van der Waals surface area contributed by atoms with Gasteiger partial charge in [-0.05, 0) is 37.9 Å². The first-order chi connectivity index (χ1) is 7.75. The number of hydrogen-bond donors (Lipinski definition) is 1. The third-order valence-electron chi connectivity index (χ3n) is 4.17. The molecule has 0 amide bonds. The number of benzene rings is 1. The highest BCUT2D eigenvalue weighted by atomic mass is 15.2. The fourth-order valence-corrected chi connectivity index (χ4v) is 2.94. The van der Waals surface area contributed by atoms with E-state index >= 15 is 0 Å². The Morgan fingerprint density at radius 1 is 1.31 bits per heavy atom. The van der Waals surface area contributed by atoms with E-state index in [1.54, 1.807) is 11.1 Å². The van der Waals surface area contributed by atoms with Crippen molar-refractivity contribution in [3.05, 3.63) is 34.9 Å². The molecule has 1 fully saturated rings. The molecule has 0 bridgehead atoms. The maximum absolute atomic E-state index is 3.36. The van der Waals surface area contributed by atoms with Crippen LogP contribution < -0.4 is 5.32 Å². The number of fused-ring (bicyclic) bond motifs is 1. The van der Waals surface area contributed by atoms with Gasteiger partial charge in [0.15, 0.2) is 0 Å². The third kappa shape index (κ3) is 1.57. The average molecular weight is 216 g/mol. The molecule has 2 aliphatic rings. The van der Waals surface area contributed by atoms with Crippen LogP contribution in [0.1, 0.15) is 29.2 Å². The van der Waals surface area contributed by atoms with Crippen molar-refractivity contribution in [2.45, 2.75) is 31.8 Å². The Hall–Kier alpha value is -0.860. The van der Waals surface area contributed by atoms with Crippen molar-refractivity contribution in [3.63, 3.8) is 0 Å². The Bertz CT molecular complexity index is 396. The van der Waals surface area contributed by atoms with Crippen LogP contribution >= 0.6 is 0 Å². The summed E-state index contributed by atoms with van der Waals surface area (Å²) in [4.78, 5) is 2.57. The van der Waals surface area contributed by atoms with Gasteiger partial charge in [0, 0.05) is 25.2 Å².